The molecule has 4 amide bonds. The first kappa shape index (κ1) is 38.7. The summed E-state index contributed by atoms with van der Waals surface area (Å²) in [5.74, 6) is -2.18. The number of benzene rings is 3. The molecule has 0 fully saturated rings. The minimum Gasteiger partial charge on any atom is -0.391 e. The van der Waals surface area contributed by atoms with Crippen molar-refractivity contribution in [3.05, 3.63) is 101 Å². The Hall–Kier alpha value is -4.79. The summed E-state index contributed by atoms with van der Waals surface area (Å²) in [4.78, 5) is 51.5. The maximum Gasteiger partial charge on any atom is 0.251 e. The maximum atomic E-state index is 13.2. The molecule has 0 spiro atoms. The number of nitrogens with one attached hydrogen (secondary N) is 4. The quantitative estimate of drug-likeness (QED) is 0.118. The second-order valence-electron chi connectivity index (χ2n) is 11.5. The van der Waals surface area contributed by atoms with E-state index >= 15 is 0 Å². The summed E-state index contributed by atoms with van der Waals surface area (Å²) in [7, 11) is -2.42. The van der Waals surface area contributed by atoms with Gasteiger partial charge in [0.15, 0.2) is 0 Å². The Morgan fingerprint density at radius 3 is 1.92 bits per heavy atom. The van der Waals surface area contributed by atoms with E-state index in [1.54, 1.807) is 0 Å². The molecule has 0 bridgehead atoms. The van der Waals surface area contributed by atoms with Gasteiger partial charge in [-0.05, 0) is 35.7 Å². The van der Waals surface area contributed by atoms with Crippen LogP contribution in [0.4, 0.5) is 5.69 Å². The van der Waals surface area contributed by atoms with Gasteiger partial charge < -0.3 is 31.1 Å². The van der Waals surface area contributed by atoms with Crippen molar-refractivity contribution in [3.63, 3.8) is 0 Å². The molecule has 3 rings (SSSR count). The van der Waals surface area contributed by atoms with Gasteiger partial charge in [-0.15, -0.1) is 0 Å². The summed E-state index contributed by atoms with van der Waals surface area (Å²) in [5.41, 5.74) is 1.90. The Balaban J connectivity index is 1.63. The fourth-order valence-electron chi connectivity index (χ4n) is 4.53. The third kappa shape index (κ3) is 13.3. The van der Waals surface area contributed by atoms with Gasteiger partial charge in [-0.2, -0.15) is 0 Å². The van der Waals surface area contributed by atoms with Gasteiger partial charge in [0, 0.05) is 50.8 Å². The average Bonchev–Trinajstić information content (AvgIpc) is 3.10. The molecule has 13 nitrogen and oxygen atoms in total. The Morgan fingerprint density at radius 2 is 1.37 bits per heavy atom. The molecule has 14 heteroatoms. The van der Waals surface area contributed by atoms with Crippen molar-refractivity contribution in [1.82, 2.24) is 21.3 Å². The van der Waals surface area contributed by atoms with Crippen LogP contribution in [0.3, 0.4) is 0 Å². The van der Waals surface area contributed by atoms with E-state index in [0.29, 0.717) is 13.0 Å². The van der Waals surface area contributed by atoms with Gasteiger partial charge in [0.1, 0.15) is 6.10 Å². The zero-order valence-electron chi connectivity index (χ0n) is 28.0. The third-order valence-electron chi connectivity index (χ3n) is 7.45. The molecule has 264 valence electrons. The number of hydrogen-bond donors (Lipinski definition) is 5. The summed E-state index contributed by atoms with van der Waals surface area (Å²) in [6, 6.07) is 22.5. The lowest BCUT2D eigenvalue weighted by molar-refractivity contribution is -0.136. The molecule has 3 aromatic rings. The Kier molecular flexibility index (Phi) is 15.2. The van der Waals surface area contributed by atoms with E-state index in [9.17, 15) is 32.7 Å². The van der Waals surface area contributed by atoms with Gasteiger partial charge in [0.05, 0.1) is 24.6 Å². The van der Waals surface area contributed by atoms with Crippen LogP contribution < -0.4 is 25.6 Å². The lowest BCUT2D eigenvalue weighted by Crippen LogP contribution is -2.44. The van der Waals surface area contributed by atoms with E-state index < -0.39 is 45.9 Å². The summed E-state index contributed by atoms with van der Waals surface area (Å²) in [5, 5.41) is 21.4. The number of amides is 4. The van der Waals surface area contributed by atoms with Crippen molar-refractivity contribution < 1.29 is 37.4 Å². The number of unbranched alkanes of at least 4 members (excludes halogenated alkanes) is 1. The number of nitrogens with zero attached hydrogens (tertiary/aromatic N) is 1. The van der Waals surface area contributed by atoms with Gasteiger partial charge in [-0.3, -0.25) is 23.5 Å². The Morgan fingerprint density at radius 1 is 0.816 bits per heavy atom. The molecule has 0 saturated carbocycles. The van der Waals surface area contributed by atoms with E-state index in [1.165, 1.54) is 25.2 Å². The minimum atomic E-state index is -3.73. The number of carbonyl (C=O) groups excluding carboxylic acids is 4. The van der Waals surface area contributed by atoms with Crippen molar-refractivity contribution in [3.8, 4) is 0 Å². The van der Waals surface area contributed by atoms with Crippen molar-refractivity contribution in [1.29, 1.82) is 0 Å². The number of rotatable bonds is 19. The molecule has 0 saturated heterocycles. The van der Waals surface area contributed by atoms with Crippen LogP contribution in [0, 0.1) is 0 Å². The average molecular weight is 696 g/mol. The molecule has 2 atom stereocenters. The van der Waals surface area contributed by atoms with Gasteiger partial charge in [0.25, 0.3) is 11.8 Å². The van der Waals surface area contributed by atoms with E-state index in [2.05, 4.69) is 21.3 Å². The molecule has 0 unspecified atom stereocenters. The smallest absolute Gasteiger partial charge is 0.251 e. The SMILES string of the molecule is CCCCO[C@H](C[C@H](O)CNC(=O)c1cc(C(=O)NCc2ccccc2)cc(N(C)S(C)(=O)=O)c1)C(=O)NCC(=O)NCc1ccccc1. The van der Waals surface area contributed by atoms with Crippen LogP contribution in [-0.4, -0.2) is 82.4 Å². The van der Waals surface area contributed by atoms with Gasteiger partial charge in [0.2, 0.25) is 21.8 Å². The molecule has 0 aliphatic rings. The molecular weight excluding hydrogens is 650 g/mol. The Labute approximate surface area is 287 Å². The van der Waals surface area contributed by atoms with E-state index in [0.717, 1.165) is 28.1 Å². The molecule has 0 radical (unpaired) electrons. The molecule has 0 aromatic heterocycles. The first-order valence-electron chi connectivity index (χ1n) is 15.9. The minimum absolute atomic E-state index is 0.0138. The van der Waals surface area contributed by atoms with E-state index in [-0.39, 0.29) is 49.5 Å². The number of sulfonamides is 1. The molecular formula is C35H45N5O8S. The van der Waals surface area contributed by atoms with Crippen LogP contribution >= 0.6 is 0 Å². The number of aliphatic hydroxyl groups is 1. The van der Waals surface area contributed by atoms with Crippen LogP contribution in [-0.2, 0) is 37.4 Å². The summed E-state index contributed by atoms with van der Waals surface area (Å²) >= 11 is 0. The van der Waals surface area contributed by atoms with Crippen LogP contribution in [0.1, 0.15) is 58.0 Å². The lowest BCUT2D eigenvalue weighted by Gasteiger charge is -2.21. The molecule has 49 heavy (non-hydrogen) atoms. The van der Waals surface area contributed by atoms with E-state index in [4.69, 9.17) is 4.74 Å². The largest absolute Gasteiger partial charge is 0.391 e. The fourth-order valence-corrected chi connectivity index (χ4v) is 5.02. The predicted octanol–water partition coefficient (Wildman–Crippen LogP) is 2.11. The third-order valence-corrected chi connectivity index (χ3v) is 8.65. The standard InChI is InChI=1S/C35H45N5O8S/c1-4-5-16-48-31(35(45)39-24-32(42)36-21-25-12-8-6-9-13-25)20-30(41)23-38-34(44)28-17-27(18-29(19-28)40(2)49(3,46)47)33(43)37-22-26-14-10-7-11-15-26/h6-15,17-19,30-31,41H,4-5,16,20-24H2,1-3H3,(H,36,42)(H,37,43)(H,38,44)(H,39,45)/t30-,31+/m0/s1. The van der Waals surface area contributed by atoms with Crippen LogP contribution in [0.25, 0.3) is 0 Å². The second-order valence-corrected chi connectivity index (χ2v) is 13.5. The molecule has 5 N–H and O–H groups in total. The van der Waals surface area contributed by atoms with Gasteiger partial charge in [-0.1, -0.05) is 74.0 Å². The highest BCUT2D eigenvalue weighted by Crippen LogP contribution is 2.21. The first-order chi connectivity index (χ1) is 23.4. The van der Waals surface area contributed by atoms with Crippen molar-refractivity contribution in [2.24, 2.45) is 0 Å². The maximum absolute atomic E-state index is 13.2. The van der Waals surface area contributed by atoms with Crippen molar-refractivity contribution in [2.75, 3.05) is 37.3 Å². The molecule has 0 aliphatic carbocycles. The number of hydrogen-bond acceptors (Lipinski definition) is 8. The zero-order chi connectivity index (χ0) is 35.8. The number of ether oxygens (including phenoxy) is 1. The highest BCUT2D eigenvalue weighted by atomic mass is 32.2. The number of anilines is 1. The fraction of sp³-hybridized carbons (Fsp3) is 0.371. The normalized spacial score (nSPS) is 12.3. The lowest BCUT2D eigenvalue weighted by atomic mass is 10.1. The molecule has 0 heterocycles. The summed E-state index contributed by atoms with van der Waals surface area (Å²) in [6.45, 7) is 2.17. The second kappa shape index (κ2) is 19.3. The summed E-state index contributed by atoms with van der Waals surface area (Å²) in [6.07, 6.45) is 0.00146. The van der Waals surface area contributed by atoms with Crippen LogP contribution in [0.15, 0.2) is 78.9 Å². The topological polar surface area (TPSA) is 183 Å². The van der Waals surface area contributed by atoms with Crippen LogP contribution in [0.5, 0.6) is 0 Å². The van der Waals surface area contributed by atoms with E-state index in [1.807, 2.05) is 67.6 Å². The molecule has 3 aromatic carbocycles. The first-order valence-corrected chi connectivity index (χ1v) is 17.8. The highest BCUT2D eigenvalue weighted by molar-refractivity contribution is 7.92. The van der Waals surface area contributed by atoms with Crippen molar-refractivity contribution >= 4 is 39.3 Å². The zero-order valence-corrected chi connectivity index (χ0v) is 28.8. The number of aliphatic hydroxyl groups excluding tert-OH is 1. The highest BCUT2D eigenvalue weighted by Gasteiger charge is 2.24. The van der Waals surface area contributed by atoms with Gasteiger partial charge >= 0.3 is 0 Å². The summed E-state index contributed by atoms with van der Waals surface area (Å²) < 4.78 is 31.2. The molecule has 0 aliphatic heterocycles. The Bertz CT molecular complexity index is 1650. The van der Waals surface area contributed by atoms with Crippen LogP contribution in [0.2, 0.25) is 0 Å². The number of carbonyl (C=O) groups is 4. The predicted molar refractivity (Wildman–Crippen MR) is 186 cm³/mol. The van der Waals surface area contributed by atoms with Crippen molar-refractivity contribution in [2.45, 2.75) is 51.5 Å². The monoisotopic (exact) mass is 695 g/mol. The van der Waals surface area contributed by atoms with Gasteiger partial charge in [-0.25, -0.2) is 8.42 Å².